The second-order valence-electron chi connectivity index (χ2n) is 9.53. The van der Waals surface area contributed by atoms with Crippen LogP contribution in [0.1, 0.15) is 80.1 Å². The molecule has 1 aromatic heterocycles. The Balaban J connectivity index is 1.38. The van der Waals surface area contributed by atoms with Crippen molar-refractivity contribution in [3.63, 3.8) is 0 Å². The summed E-state index contributed by atoms with van der Waals surface area (Å²) in [5.41, 5.74) is 1.91. The summed E-state index contributed by atoms with van der Waals surface area (Å²) in [5.74, 6) is -0.762. The molecule has 37 heavy (non-hydrogen) atoms. The number of anilines is 1. The second kappa shape index (κ2) is 12.8. The Kier molecular flexibility index (Phi) is 9.45. The van der Waals surface area contributed by atoms with E-state index in [9.17, 15) is 13.7 Å². The van der Waals surface area contributed by atoms with E-state index in [4.69, 9.17) is 9.84 Å². The molecule has 9 heteroatoms. The van der Waals surface area contributed by atoms with Crippen LogP contribution < -0.4 is 9.46 Å². The van der Waals surface area contributed by atoms with Crippen LogP contribution in [0.2, 0.25) is 0 Å². The molecule has 4 rings (SSSR count). The maximum atomic E-state index is 14.2. The van der Waals surface area contributed by atoms with E-state index in [1.54, 1.807) is 0 Å². The minimum absolute atomic E-state index is 0.0856. The van der Waals surface area contributed by atoms with Crippen LogP contribution in [0.15, 0.2) is 46.8 Å². The van der Waals surface area contributed by atoms with E-state index in [-0.39, 0.29) is 11.4 Å². The van der Waals surface area contributed by atoms with Crippen molar-refractivity contribution in [1.29, 1.82) is 0 Å². The first-order chi connectivity index (χ1) is 17.9. The Morgan fingerprint density at radius 3 is 2.59 bits per heavy atom. The molecule has 1 unspecified atom stereocenters. The molecule has 3 aromatic rings. The number of aromatic carboxylic acids is 1. The van der Waals surface area contributed by atoms with Crippen molar-refractivity contribution in [3.05, 3.63) is 59.5 Å². The average Bonchev–Trinajstić information content (AvgIpc) is 3.40. The van der Waals surface area contributed by atoms with Crippen LogP contribution >= 0.6 is 11.3 Å². The summed E-state index contributed by atoms with van der Waals surface area (Å²) in [5, 5.41) is 9.85. The quantitative estimate of drug-likeness (QED) is 0.190. The van der Waals surface area contributed by atoms with Crippen LogP contribution in [-0.4, -0.2) is 27.7 Å². The van der Waals surface area contributed by atoms with Crippen molar-refractivity contribution in [3.8, 4) is 16.3 Å². The Bertz CT molecular complexity index is 1190. The lowest BCUT2D eigenvalue weighted by atomic mass is 9.77. The number of rotatable bonds is 11. The van der Waals surface area contributed by atoms with Gasteiger partial charge in [0.25, 0.3) is 4.21 Å². The van der Waals surface area contributed by atoms with Gasteiger partial charge in [-0.3, -0.25) is 0 Å². The fraction of sp³-hybridized carbons (Fsp3) is 0.429. The van der Waals surface area contributed by atoms with Crippen LogP contribution in [0.25, 0.3) is 10.6 Å². The molecule has 2 aromatic carbocycles. The number of carboxylic acids is 1. The third kappa shape index (κ3) is 6.83. The second-order valence-corrected chi connectivity index (χ2v) is 12.0. The predicted molar refractivity (Wildman–Crippen MR) is 146 cm³/mol. The molecule has 1 aliphatic carbocycles. The molecule has 1 saturated carbocycles. The molecule has 0 amide bonds. The lowest BCUT2D eigenvalue weighted by Crippen LogP contribution is -2.13. The number of methoxy groups -OCH3 is 1. The van der Waals surface area contributed by atoms with Crippen LogP contribution in [-0.2, 0) is 11.4 Å². The average molecular weight is 545 g/mol. The summed E-state index contributed by atoms with van der Waals surface area (Å²) >= 11 is -0.440. The molecule has 0 saturated heterocycles. The summed E-state index contributed by atoms with van der Waals surface area (Å²) in [6, 6.07) is 10.6. The van der Waals surface area contributed by atoms with Crippen LogP contribution in [0.5, 0.6) is 5.75 Å². The summed E-state index contributed by atoms with van der Waals surface area (Å²) in [4.78, 5) is 15.6. The number of aromatic nitrogens is 1. The molecule has 1 atom stereocenters. The first-order valence-electron chi connectivity index (χ1n) is 12.7. The largest absolute Gasteiger partial charge is 0.587 e. The molecule has 0 radical (unpaired) electrons. The monoisotopic (exact) mass is 544 g/mol. The predicted octanol–water partition coefficient (Wildman–Crippen LogP) is 7.64. The number of unbranched alkanes of at least 4 members (excludes halogenated alkanes) is 2. The first-order valence-corrected chi connectivity index (χ1v) is 14.7. The highest BCUT2D eigenvalue weighted by atomic mass is 32.2. The number of ether oxygens (including phenoxy) is 1. The smallest absolute Gasteiger partial charge is 0.338 e. The van der Waals surface area contributed by atoms with Gasteiger partial charge in [-0.2, -0.15) is 4.72 Å². The normalized spacial score (nSPS) is 18.4. The number of carboxylic acid groups (broad SMARTS) is 1. The number of carbonyl (C=O) groups is 1. The minimum atomic E-state index is -1.73. The summed E-state index contributed by atoms with van der Waals surface area (Å²) in [7, 11) is 1.33. The van der Waals surface area contributed by atoms with Gasteiger partial charge in [0.1, 0.15) is 33.6 Å². The maximum absolute atomic E-state index is 14.2. The summed E-state index contributed by atoms with van der Waals surface area (Å²) < 4.78 is 35.4. The van der Waals surface area contributed by atoms with E-state index >= 15 is 0 Å². The van der Waals surface area contributed by atoms with E-state index in [1.807, 2.05) is 0 Å². The maximum Gasteiger partial charge on any atom is 0.338 e. The zero-order valence-corrected chi connectivity index (χ0v) is 22.8. The Labute approximate surface area is 224 Å². The van der Waals surface area contributed by atoms with Gasteiger partial charge in [-0.25, -0.2) is 14.2 Å². The van der Waals surface area contributed by atoms with Crippen molar-refractivity contribution >= 4 is 34.4 Å². The fourth-order valence-electron chi connectivity index (χ4n) is 4.96. The topological polar surface area (TPSA) is 94.5 Å². The van der Waals surface area contributed by atoms with Crippen LogP contribution in [0.3, 0.4) is 0 Å². The molecule has 198 valence electrons. The molecular weight excluding hydrogens is 511 g/mol. The van der Waals surface area contributed by atoms with Gasteiger partial charge >= 0.3 is 5.97 Å². The van der Waals surface area contributed by atoms with Gasteiger partial charge in [-0.1, -0.05) is 68.2 Å². The third-order valence-corrected chi connectivity index (χ3v) is 9.50. The highest BCUT2D eigenvalue weighted by Gasteiger charge is 2.24. The Morgan fingerprint density at radius 2 is 1.95 bits per heavy atom. The fourth-order valence-corrected chi connectivity index (χ4v) is 6.89. The molecule has 1 aliphatic rings. The molecular formula is C28H33FN2O4S2. The van der Waals surface area contributed by atoms with Gasteiger partial charge in [0.15, 0.2) is 0 Å². The molecule has 1 heterocycles. The van der Waals surface area contributed by atoms with E-state index in [2.05, 4.69) is 40.9 Å². The van der Waals surface area contributed by atoms with E-state index in [0.29, 0.717) is 10.1 Å². The lowest BCUT2D eigenvalue weighted by Gasteiger charge is -2.29. The molecule has 0 spiro atoms. The van der Waals surface area contributed by atoms with Crippen LogP contribution in [0, 0.1) is 11.7 Å². The zero-order valence-electron chi connectivity index (χ0n) is 21.2. The van der Waals surface area contributed by atoms with Gasteiger partial charge in [0.2, 0.25) is 0 Å². The molecule has 2 N–H and O–H groups in total. The van der Waals surface area contributed by atoms with Crippen molar-refractivity contribution < 1.29 is 23.6 Å². The van der Waals surface area contributed by atoms with Gasteiger partial charge in [0.05, 0.1) is 18.9 Å². The number of benzene rings is 2. The molecule has 0 bridgehead atoms. The number of hydrogen-bond donors (Lipinski definition) is 2. The van der Waals surface area contributed by atoms with E-state index in [0.717, 1.165) is 28.6 Å². The van der Waals surface area contributed by atoms with Crippen molar-refractivity contribution in [2.75, 3.05) is 11.8 Å². The molecule has 1 fully saturated rings. The van der Waals surface area contributed by atoms with Gasteiger partial charge in [-0.05, 0) is 49.1 Å². The van der Waals surface area contributed by atoms with Crippen molar-refractivity contribution in [1.82, 2.24) is 4.98 Å². The Morgan fingerprint density at radius 1 is 1.22 bits per heavy atom. The van der Waals surface area contributed by atoms with Gasteiger partial charge in [-0.15, -0.1) is 0 Å². The van der Waals surface area contributed by atoms with Crippen LogP contribution in [0.4, 0.5) is 10.1 Å². The third-order valence-electron chi connectivity index (χ3n) is 7.08. The SMILES string of the molecule is CCCCCC1CCC(c2ccc(-c3ncc([S+]([O-])Nc4cc(F)c(C(=O)O)cc4OC)s3)cc2)CC1. The number of hydrogen-bond acceptors (Lipinski definition) is 6. The highest BCUT2D eigenvalue weighted by Crippen LogP contribution is 2.39. The van der Waals surface area contributed by atoms with Gasteiger partial charge < -0.3 is 14.4 Å². The van der Waals surface area contributed by atoms with E-state index in [1.165, 1.54) is 81.6 Å². The molecule has 0 aliphatic heterocycles. The van der Waals surface area contributed by atoms with Gasteiger partial charge in [0, 0.05) is 11.6 Å². The first kappa shape index (κ1) is 27.4. The highest BCUT2D eigenvalue weighted by molar-refractivity contribution is 7.94. The number of halogens is 1. The number of nitrogens with one attached hydrogen (secondary N) is 1. The Hall–Kier alpha value is -2.62. The lowest BCUT2D eigenvalue weighted by molar-refractivity contribution is 0.0691. The zero-order chi connectivity index (χ0) is 26.4. The summed E-state index contributed by atoms with van der Waals surface area (Å²) in [6.07, 6.45) is 12.0. The molecule has 6 nitrogen and oxygen atoms in total. The van der Waals surface area contributed by atoms with Crippen molar-refractivity contribution in [2.24, 2.45) is 5.92 Å². The number of nitrogens with zero attached hydrogens (tertiary/aromatic N) is 1. The number of thiazole rings is 1. The van der Waals surface area contributed by atoms with Crippen molar-refractivity contribution in [2.45, 2.75) is 68.4 Å². The standard InChI is InChI=1S/C28H33FN2O4S2/c1-3-4-5-6-18-7-9-19(10-8-18)20-11-13-21(14-12-20)27-30-17-26(36-27)37(34)31-24-16-23(29)22(28(32)33)15-25(24)35-2/h11-19,31H,3-10H2,1-2H3,(H,32,33). The summed E-state index contributed by atoms with van der Waals surface area (Å²) in [6.45, 7) is 2.26. The minimum Gasteiger partial charge on any atom is -0.587 e. The van der Waals surface area contributed by atoms with E-state index < -0.39 is 28.7 Å².